The second-order valence-corrected chi connectivity index (χ2v) is 7.22. The molecule has 9 nitrogen and oxygen atoms in total. The summed E-state index contributed by atoms with van der Waals surface area (Å²) in [6.45, 7) is 1.67. The number of aryl methyl sites for hydroxylation is 2. The van der Waals surface area contributed by atoms with Crippen LogP contribution in [0.3, 0.4) is 0 Å². The lowest BCUT2D eigenvalue weighted by atomic mass is 10.1. The topological polar surface area (TPSA) is 123 Å². The molecule has 0 radical (unpaired) electrons. The van der Waals surface area contributed by atoms with E-state index in [1.807, 2.05) is 18.2 Å². The number of benzene rings is 2. The molecule has 0 aliphatic heterocycles. The summed E-state index contributed by atoms with van der Waals surface area (Å²) in [5, 5.41) is 29.0. The van der Waals surface area contributed by atoms with E-state index >= 15 is 0 Å². The van der Waals surface area contributed by atoms with E-state index in [1.54, 1.807) is 43.3 Å². The van der Waals surface area contributed by atoms with E-state index in [9.17, 15) is 14.7 Å². The molecule has 0 amide bonds. The average molecular weight is 431 g/mol. The molecule has 0 aliphatic rings. The summed E-state index contributed by atoms with van der Waals surface area (Å²) in [6.07, 6.45) is 2.01. The summed E-state index contributed by atoms with van der Waals surface area (Å²) >= 11 is 0. The average Bonchev–Trinajstić information content (AvgIpc) is 3.09. The molecular formula is C23H21N5O4. The third-order valence-corrected chi connectivity index (χ3v) is 5.00. The van der Waals surface area contributed by atoms with Crippen LogP contribution in [-0.2, 0) is 11.2 Å². The maximum Gasteiger partial charge on any atom is 0.303 e. The molecule has 2 aromatic heterocycles. The smallest absolute Gasteiger partial charge is 0.303 e. The van der Waals surface area contributed by atoms with Crippen LogP contribution in [-0.4, -0.2) is 41.8 Å². The first-order valence-corrected chi connectivity index (χ1v) is 10.1. The van der Waals surface area contributed by atoms with Gasteiger partial charge in [-0.3, -0.25) is 9.59 Å². The van der Waals surface area contributed by atoms with Crippen molar-refractivity contribution >= 4 is 23.1 Å². The SMILES string of the molecule is Cc1nc2ccccc2c(=O)n1/N=C/c1c(CCCC(=O)O)nn(-c2ccccc2)c1O. The van der Waals surface area contributed by atoms with Crippen molar-refractivity contribution in [2.75, 3.05) is 0 Å². The van der Waals surface area contributed by atoms with Crippen LogP contribution in [0.2, 0.25) is 0 Å². The zero-order chi connectivity index (χ0) is 22.7. The zero-order valence-corrected chi connectivity index (χ0v) is 17.3. The molecule has 2 N–H and O–H groups in total. The van der Waals surface area contributed by atoms with Crippen LogP contribution in [0, 0.1) is 6.92 Å². The summed E-state index contributed by atoms with van der Waals surface area (Å²) in [5.41, 5.74) is 1.70. The summed E-state index contributed by atoms with van der Waals surface area (Å²) in [4.78, 5) is 28.2. The van der Waals surface area contributed by atoms with Gasteiger partial charge in [-0.05, 0) is 44.0 Å². The van der Waals surface area contributed by atoms with Gasteiger partial charge in [0.05, 0.1) is 34.1 Å². The number of aromatic hydroxyl groups is 1. The third kappa shape index (κ3) is 4.13. The Labute approximate surface area is 182 Å². The number of hydrogen-bond acceptors (Lipinski definition) is 6. The van der Waals surface area contributed by atoms with Crippen LogP contribution in [0.15, 0.2) is 64.5 Å². The molecule has 0 bridgehead atoms. The Morgan fingerprint density at radius 2 is 1.84 bits per heavy atom. The van der Waals surface area contributed by atoms with Crippen molar-refractivity contribution in [2.45, 2.75) is 26.2 Å². The largest absolute Gasteiger partial charge is 0.493 e. The van der Waals surface area contributed by atoms with Crippen LogP contribution < -0.4 is 5.56 Å². The number of nitrogens with zero attached hydrogens (tertiary/aromatic N) is 5. The quantitative estimate of drug-likeness (QED) is 0.434. The second kappa shape index (κ2) is 8.84. The van der Waals surface area contributed by atoms with Gasteiger partial charge in [0.1, 0.15) is 5.82 Å². The number of aliphatic carboxylic acids is 1. The maximum atomic E-state index is 12.9. The molecule has 0 unspecified atom stereocenters. The second-order valence-electron chi connectivity index (χ2n) is 7.22. The van der Waals surface area contributed by atoms with Crippen molar-refractivity contribution < 1.29 is 15.0 Å². The maximum absolute atomic E-state index is 12.9. The van der Waals surface area contributed by atoms with Crippen LogP contribution >= 0.6 is 0 Å². The van der Waals surface area contributed by atoms with Gasteiger partial charge in [-0.1, -0.05) is 30.3 Å². The van der Waals surface area contributed by atoms with Gasteiger partial charge in [0.25, 0.3) is 5.56 Å². The number of aromatic nitrogens is 4. The van der Waals surface area contributed by atoms with E-state index in [4.69, 9.17) is 5.11 Å². The lowest BCUT2D eigenvalue weighted by Crippen LogP contribution is -2.20. The molecule has 0 saturated heterocycles. The van der Waals surface area contributed by atoms with Crippen molar-refractivity contribution in [2.24, 2.45) is 5.10 Å². The number of carbonyl (C=O) groups is 1. The summed E-state index contributed by atoms with van der Waals surface area (Å²) in [7, 11) is 0. The highest BCUT2D eigenvalue weighted by Crippen LogP contribution is 2.25. The van der Waals surface area contributed by atoms with E-state index < -0.39 is 5.97 Å². The Morgan fingerprint density at radius 1 is 1.12 bits per heavy atom. The first kappa shape index (κ1) is 21.0. The fourth-order valence-electron chi connectivity index (χ4n) is 3.42. The fraction of sp³-hybridized carbons (Fsp3) is 0.174. The molecule has 4 rings (SSSR count). The third-order valence-electron chi connectivity index (χ3n) is 5.00. The molecule has 2 aromatic carbocycles. The summed E-state index contributed by atoms with van der Waals surface area (Å²) in [6, 6.07) is 16.1. The predicted molar refractivity (Wildman–Crippen MR) is 120 cm³/mol. The molecule has 0 atom stereocenters. The highest BCUT2D eigenvalue weighted by atomic mass is 16.4. The highest BCUT2D eigenvalue weighted by molar-refractivity contribution is 5.85. The zero-order valence-electron chi connectivity index (χ0n) is 17.3. The number of rotatable bonds is 7. The minimum absolute atomic E-state index is 0.0251. The van der Waals surface area contributed by atoms with Gasteiger partial charge in [-0.25, -0.2) is 9.67 Å². The Kier molecular flexibility index (Phi) is 5.80. The van der Waals surface area contributed by atoms with Crippen LogP contribution in [0.4, 0.5) is 0 Å². The van der Waals surface area contributed by atoms with Gasteiger partial charge >= 0.3 is 5.97 Å². The molecule has 0 spiro atoms. The summed E-state index contributed by atoms with van der Waals surface area (Å²) < 4.78 is 2.54. The molecule has 32 heavy (non-hydrogen) atoms. The molecule has 162 valence electrons. The van der Waals surface area contributed by atoms with Gasteiger partial charge in [0.2, 0.25) is 5.88 Å². The van der Waals surface area contributed by atoms with Crippen molar-refractivity contribution in [1.82, 2.24) is 19.4 Å². The molecule has 0 saturated carbocycles. The predicted octanol–water partition coefficient (Wildman–Crippen LogP) is 2.89. The molecular weight excluding hydrogens is 410 g/mol. The number of carboxylic acids is 1. The van der Waals surface area contributed by atoms with Gasteiger partial charge in [-0.15, -0.1) is 0 Å². The number of para-hydroxylation sites is 2. The fourth-order valence-corrected chi connectivity index (χ4v) is 3.42. The first-order chi connectivity index (χ1) is 15.5. The first-order valence-electron chi connectivity index (χ1n) is 10.1. The Bertz CT molecular complexity index is 1370. The summed E-state index contributed by atoms with van der Waals surface area (Å²) in [5.74, 6) is -0.659. The standard InChI is InChI=1S/C23H21N5O4/c1-15-25-19-11-6-5-10-17(19)22(31)27(15)24-14-18-20(12-7-13-21(29)30)26-28(23(18)32)16-8-3-2-4-9-16/h2-6,8-11,14,32H,7,12-13H2,1H3,(H,29,30)/b24-14+. The highest BCUT2D eigenvalue weighted by Gasteiger charge is 2.18. The Hall–Kier alpha value is -4.27. The van der Waals surface area contributed by atoms with E-state index in [1.165, 1.54) is 15.6 Å². The van der Waals surface area contributed by atoms with Crippen LogP contribution in [0.25, 0.3) is 16.6 Å². The van der Waals surface area contributed by atoms with Crippen molar-refractivity contribution in [3.63, 3.8) is 0 Å². The Balaban J connectivity index is 1.78. The van der Waals surface area contributed by atoms with Gasteiger partial charge < -0.3 is 10.2 Å². The minimum Gasteiger partial charge on any atom is -0.493 e. The number of fused-ring (bicyclic) bond motifs is 1. The Morgan fingerprint density at radius 3 is 2.59 bits per heavy atom. The monoisotopic (exact) mass is 431 g/mol. The lowest BCUT2D eigenvalue weighted by molar-refractivity contribution is -0.137. The van der Waals surface area contributed by atoms with Gasteiger partial charge in [-0.2, -0.15) is 14.9 Å². The molecule has 4 aromatic rings. The van der Waals surface area contributed by atoms with Crippen molar-refractivity contribution in [3.8, 4) is 11.6 Å². The normalized spacial score (nSPS) is 11.4. The molecule has 0 fully saturated rings. The van der Waals surface area contributed by atoms with Crippen LogP contribution in [0.5, 0.6) is 5.88 Å². The van der Waals surface area contributed by atoms with E-state index in [0.717, 1.165) is 0 Å². The number of hydrogen-bond donors (Lipinski definition) is 2. The molecule has 9 heteroatoms. The number of carboxylic acid groups (broad SMARTS) is 1. The van der Waals surface area contributed by atoms with Gasteiger partial charge in [0.15, 0.2) is 0 Å². The minimum atomic E-state index is -0.906. The van der Waals surface area contributed by atoms with Crippen LogP contribution in [0.1, 0.15) is 29.9 Å². The molecule has 2 heterocycles. The molecule has 0 aliphatic carbocycles. The van der Waals surface area contributed by atoms with E-state index in [2.05, 4.69) is 15.2 Å². The van der Waals surface area contributed by atoms with E-state index in [-0.39, 0.29) is 17.9 Å². The van der Waals surface area contributed by atoms with E-state index in [0.29, 0.717) is 46.5 Å². The van der Waals surface area contributed by atoms with Crippen molar-refractivity contribution in [3.05, 3.63) is 82.0 Å². The lowest BCUT2D eigenvalue weighted by Gasteiger charge is -2.05. The van der Waals surface area contributed by atoms with Crippen molar-refractivity contribution in [1.29, 1.82) is 0 Å². The van der Waals surface area contributed by atoms with Gasteiger partial charge in [0, 0.05) is 6.42 Å².